The maximum Gasteiger partial charge on any atom is 0.161 e. The highest BCUT2D eigenvalue weighted by atomic mass is 16.6. The molecular formula is C17H15N3O2. The lowest BCUT2D eigenvalue weighted by atomic mass is 10.1. The minimum atomic E-state index is 0.604. The number of nitrogens with one attached hydrogen (secondary N) is 1. The molecule has 22 heavy (non-hydrogen) atoms. The quantitative estimate of drug-likeness (QED) is 0.806. The van der Waals surface area contributed by atoms with Gasteiger partial charge in [-0.2, -0.15) is 5.10 Å². The Morgan fingerprint density at radius 3 is 2.64 bits per heavy atom. The first-order valence-corrected chi connectivity index (χ1v) is 7.22. The summed E-state index contributed by atoms with van der Waals surface area (Å²) < 4.78 is 11.2. The number of rotatable bonds is 3. The lowest BCUT2D eigenvalue weighted by molar-refractivity contribution is 0.171. The molecule has 1 N–H and O–H groups in total. The van der Waals surface area contributed by atoms with Crippen LogP contribution in [0.15, 0.2) is 48.8 Å². The van der Waals surface area contributed by atoms with Crippen molar-refractivity contribution in [1.29, 1.82) is 0 Å². The maximum absolute atomic E-state index is 5.62. The smallest absolute Gasteiger partial charge is 0.161 e. The summed E-state index contributed by atoms with van der Waals surface area (Å²) in [6, 6.07) is 12.0. The minimum absolute atomic E-state index is 0.604. The number of H-pyrrole nitrogens is 1. The van der Waals surface area contributed by atoms with Gasteiger partial charge in [0.05, 0.1) is 5.69 Å². The molecule has 1 aliphatic heterocycles. The Bertz CT molecular complexity index is 784. The fourth-order valence-corrected chi connectivity index (χ4v) is 2.54. The third-order valence-electron chi connectivity index (χ3n) is 3.61. The van der Waals surface area contributed by atoms with Gasteiger partial charge in [0.2, 0.25) is 0 Å². The van der Waals surface area contributed by atoms with Crippen LogP contribution in [0.3, 0.4) is 0 Å². The topological polar surface area (TPSA) is 60.0 Å². The number of nitrogens with zero attached hydrogens (tertiary/aromatic N) is 2. The first-order chi connectivity index (χ1) is 10.9. The van der Waals surface area contributed by atoms with Gasteiger partial charge in [-0.15, -0.1) is 0 Å². The third-order valence-corrected chi connectivity index (χ3v) is 3.61. The summed E-state index contributed by atoms with van der Waals surface area (Å²) in [6.45, 7) is 1.22. The van der Waals surface area contributed by atoms with Crippen molar-refractivity contribution >= 4 is 0 Å². The molecule has 0 fully saturated rings. The second-order valence-corrected chi connectivity index (χ2v) is 5.17. The zero-order valence-electron chi connectivity index (χ0n) is 12.0. The van der Waals surface area contributed by atoms with Crippen LogP contribution in [0.5, 0.6) is 11.5 Å². The zero-order chi connectivity index (χ0) is 14.8. The van der Waals surface area contributed by atoms with E-state index < -0.39 is 0 Å². The molecule has 0 unspecified atom stereocenters. The SMILES string of the molecule is c1cc(-c2cc(Cc3ccc4c(c3)OCCO4)[nH]n2)ccn1. The van der Waals surface area contributed by atoms with E-state index in [4.69, 9.17) is 9.47 Å². The van der Waals surface area contributed by atoms with Gasteiger partial charge in [0, 0.05) is 30.1 Å². The molecule has 1 aromatic carbocycles. The fraction of sp³-hybridized carbons (Fsp3) is 0.176. The molecule has 4 rings (SSSR count). The molecule has 5 heteroatoms. The van der Waals surface area contributed by atoms with E-state index in [1.54, 1.807) is 12.4 Å². The summed E-state index contributed by atoms with van der Waals surface area (Å²) in [5.41, 5.74) is 4.20. The van der Waals surface area contributed by atoms with Crippen molar-refractivity contribution in [1.82, 2.24) is 15.2 Å². The molecule has 0 radical (unpaired) electrons. The molecule has 0 bridgehead atoms. The maximum atomic E-state index is 5.62. The second-order valence-electron chi connectivity index (χ2n) is 5.17. The van der Waals surface area contributed by atoms with Crippen LogP contribution in [-0.2, 0) is 6.42 Å². The van der Waals surface area contributed by atoms with E-state index in [2.05, 4.69) is 27.3 Å². The van der Waals surface area contributed by atoms with Gasteiger partial charge in [0.1, 0.15) is 13.2 Å². The van der Waals surface area contributed by atoms with Crippen LogP contribution < -0.4 is 9.47 Å². The third kappa shape index (κ3) is 2.53. The number of ether oxygens (including phenoxy) is 2. The summed E-state index contributed by atoms with van der Waals surface area (Å²) in [4.78, 5) is 4.02. The minimum Gasteiger partial charge on any atom is -0.486 e. The van der Waals surface area contributed by atoms with E-state index in [1.165, 1.54) is 0 Å². The molecule has 5 nitrogen and oxygen atoms in total. The van der Waals surface area contributed by atoms with Crippen LogP contribution in [0.1, 0.15) is 11.3 Å². The van der Waals surface area contributed by atoms with Crippen molar-refractivity contribution in [3.63, 3.8) is 0 Å². The van der Waals surface area contributed by atoms with Crippen molar-refractivity contribution in [2.24, 2.45) is 0 Å². The molecule has 0 atom stereocenters. The van der Waals surface area contributed by atoms with E-state index in [0.29, 0.717) is 13.2 Å². The summed E-state index contributed by atoms with van der Waals surface area (Å²) in [5, 5.41) is 7.45. The number of aromatic nitrogens is 3. The molecule has 0 saturated carbocycles. The van der Waals surface area contributed by atoms with E-state index in [-0.39, 0.29) is 0 Å². The predicted octanol–water partition coefficient (Wildman–Crippen LogP) is 2.83. The van der Waals surface area contributed by atoms with Crippen LogP contribution in [-0.4, -0.2) is 28.4 Å². The van der Waals surface area contributed by atoms with Crippen LogP contribution in [0, 0.1) is 0 Å². The lowest BCUT2D eigenvalue weighted by Crippen LogP contribution is -2.15. The Morgan fingerprint density at radius 1 is 0.955 bits per heavy atom. The zero-order valence-corrected chi connectivity index (χ0v) is 12.0. The second kappa shape index (κ2) is 5.52. The summed E-state index contributed by atoms with van der Waals surface area (Å²) in [7, 11) is 0. The Kier molecular flexibility index (Phi) is 3.23. The van der Waals surface area contributed by atoms with Gasteiger partial charge < -0.3 is 9.47 Å². The highest BCUT2D eigenvalue weighted by Crippen LogP contribution is 2.31. The molecule has 0 aliphatic carbocycles. The van der Waals surface area contributed by atoms with E-state index in [0.717, 1.165) is 40.4 Å². The Hall–Kier alpha value is -2.82. The van der Waals surface area contributed by atoms with Gasteiger partial charge in [-0.3, -0.25) is 10.1 Å². The molecule has 3 aromatic rings. The summed E-state index contributed by atoms with van der Waals surface area (Å²) >= 11 is 0. The van der Waals surface area contributed by atoms with Crippen LogP contribution in [0.25, 0.3) is 11.3 Å². The molecule has 1 aliphatic rings. The van der Waals surface area contributed by atoms with Gasteiger partial charge in [-0.1, -0.05) is 6.07 Å². The van der Waals surface area contributed by atoms with Crippen molar-refractivity contribution in [2.45, 2.75) is 6.42 Å². The number of hydrogen-bond acceptors (Lipinski definition) is 4. The predicted molar refractivity (Wildman–Crippen MR) is 82.1 cm³/mol. The van der Waals surface area contributed by atoms with E-state index in [9.17, 15) is 0 Å². The molecule has 2 aromatic heterocycles. The highest BCUT2D eigenvalue weighted by Gasteiger charge is 2.12. The van der Waals surface area contributed by atoms with Crippen molar-refractivity contribution < 1.29 is 9.47 Å². The first-order valence-electron chi connectivity index (χ1n) is 7.22. The van der Waals surface area contributed by atoms with Crippen molar-refractivity contribution in [3.8, 4) is 22.8 Å². The highest BCUT2D eigenvalue weighted by molar-refractivity contribution is 5.58. The number of pyridine rings is 1. The van der Waals surface area contributed by atoms with Crippen LogP contribution in [0.2, 0.25) is 0 Å². The largest absolute Gasteiger partial charge is 0.486 e. The number of aromatic amines is 1. The van der Waals surface area contributed by atoms with Crippen LogP contribution >= 0.6 is 0 Å². The van der Waals surface area contributed by atoms with Gasteiger partial charge in [-0.25, -0.2) is 0 Å². The summed E-state index contributed by atoms with van der Waals surface area (Å²) in [5.74, 6) is 1.63. The first kappa shape index (κ1) is 12.9. The average molecular weight is 293 g/mol. The van der Waals surface area contributed by atoms with E-state index in [1.807, 2.05) is 24.3 Å². The Balaban J connectivity index is 1.55. The monoisotopic (exact) mass is 293 g/mol. The van der Waals surface area contributed by atoms with Crippen molar-refractivity contribution in [2.75, 3.05) is 13.2 Å². The summed E-state index contributed by atoms with van der Waals surface area (Å²) in [6.07, 6.45) is 4.31. The van der Waals surface area contributed by atoms with Gasteiger partial charge in [0.15, 0.2) is 11.5 Å². The number of fused-ring (bicyclic) bond motifs is 1. The molecule has 0 amide bonds. The molecular weight excluding hydrogens is 278 g/mol. The van der Waals surface area contributed by atoms with Gasteiger partial charge >= 0.3 is 0 Å². The molecule has 0 saturated heterocycles. The fourth-order valence-electron chi connectivity index (χ4n) is 2.54. The molecule has 110 valence electrons. The standard InChI is InChI=1S/C17H15N3O2/c1-2-16-17(22-8-7-21-16)10-12(1)9-14-11-15(20-19-14)13-3-5-18-6-4-13/h1-6,10-11H,7-9H2,(H,19,20). The number of benzene rings is 1. The average Bonchev–Trinajstić information content (AvgIpc) is 3.04. The Morgan fingerprint density at radius 2 is 1.77 bits per heavy atom. The Labute approximate surface area is 127 Å². The van der Waals surface area contributed by atoms with Gasteiger partial charge in [-0.05, 0) is 35.9 Å². The normalized spacial score (nSPS) is 13.1. The molecule has 0 spiro atoms. The van der Waals surface area contributed by atoms with Gasteiger partial charge in [0.25, 0.3) is 0 Å². The lowest BCUT2D eigenvalue weighted by Gasteiger charge is -2.18. The van der Waals surface area contributed by atoms with E-state index >= 15 is 0 Å². The van der Waals surface area contributed by atoms with Crippen molar-refractivity contribution in [3.05, 3.63) is 60.0 Å². The number of hydrogen-bond donors (Lipinski definition) is 1. The van der Waals surface area contributed by atoms with Crippen LogP contribution in [0.4, 0.5) is 0 Å². The molecule has 3 heterocycles.